The molecule has 0 aliphatic heterocycles. The number of carbonyl (C=O) groups excluding carboxylic acids is 1. The molecule has 6 nitrogen and oxygen atoms in total. The van der Waals surface area contributed by atoms with Crippen molar-refractivity contribution in [2.45, 2.75) is 18.8 Å². The predicted octanol–water partition coefficient (Wildman–Crippen LogP) is -1.87. The molecule has 0 radical (unpaired) electrons. The number of amidine groups is 1. The molecule has 0 aliphatic carbocycles. The van der Waals surface area contributed by atoms with Crippen molar-refractivity contribution in [3.05, 3.63) is 0 Å². The zero-order valence-electron chi connectivity index (χ0n) is 7.93. The van der Waals surface area contributed by atoms with Crippen LogP contribution in [0, 0.1) is 0 Å². The van der Waals surface area contributed by atoms with Crippen molar-refractivity contribution in [1.82, 2.24) is 4.90 Å². The van der Waals surface area contributed by atoms with E-state index in [9.17, 15) is 15.0 Å². The fourth-order valence-electron chi connectivity index (χ4n) is 0.823. The number of rotatable bonds is 4. The van der Waals surface area contributed by atoms with Gasteiger partial charge in [-0.2, -0.15) is 0 Å². The van der Waals surface area contributed by atoms with Crippen molar-refractivity contribution < 1.29 is 15.0 Å². The number of hydrogen-bond donors (Lipinski definition) is 3. The van der Waals surface area contributed by atoms with E-state index < -0.39 is 11.8 Å². The summed E-state index contributed by atoms with van der Waals surface area (Å²) in [5.74, 6) is -0.316. The quantitative estimate of drug-likeness (QED) is 0.208. The second-order valence-corrected chi connectivity index (χ2v) is 3.10. The van der Waals surface area contributed by atoms with Gasteiger partial charge in [0.05, 0.1) is 0 Å². The lowest BCUT2D eigenvalue weighted by Gasteiger charge is -2.32. The molecule has 0 aromatic heterocycles. The van der Waals surface area contributed by atoms with Crippen LogP contribution < -0.4 is 5.73 Å². The average molecular weight is 189 g/mol. The van der Waals surface area contributed by atoms with Crippen LogP contribution in [-0.2, 0) is 4.79 Å². The molecule has 0 aromatic carbocycles. The minimum atomic E-state index is -1.73. The molecule has 4 N–H and O–H groups in total. The van der Waals surface area contributed by atoms with Crippen LogP contribution in [-0.4, -0.2) is 53.3 Å². The normalized spacial score (nSPS) is 19.7. The maximum absolute atomic E-state index is 9.98. The maximum atomic E-state index is 9.98. The molecule has 0 aromatic rings. The van der Waals surface area contributed by atoms with Gasteiger partial charge in [0.1, 0.15) is 12.1 Å². The molecule has 0 fully saturated rings. The first kappa shape index (κ1) is 12.0. The van der Waals surface area contributed by atoms with Gasteiger partial charge in [0.2, 0.25) is 6.41 Å². The molecule has 0 aliphatic rings. The van der Waals surface area contributed by atoms with Gasteiger partial charge in [0.15, 0.2) is 5.60 Å². The molecule has 0 saturated carbocycles. The van der Waals surface area contributed by atoms with Gasteiger partial charge in [-0.25, -0.2) is 4.99 Å². The minimum absolute atomic E-state index is 0.214. The first-order chi connectivity index (χ1) is 5.84. The van der Waals surface area contributed by atoms with E-state index in [1.165, 1.54) is 11.8 Å². The van der Waals surface area contributed by atoms with E-state index in [-0.39, 0.29) is 12.2 Å². The summed E-state index contributed by atoms with van der Waals surface area (Å²) in [6.07, 6.45) is -0.997. The zero-order chi connectivity index (χ0) is 10.6. The van der Waals surface area contributed by atoms with Crippen molar-refractivity contribution in [2.24, 2.45) is 10.7 Å². The Hall–Kier alpha value is -0.980. The highest BCUT2D eigenvalue weighted by Crippen LogP contribution is 2.11. The van der Waals surface area contributed by atoms with Crippen molar-refractivity contribution in [1.29, 1.82) is 0 Å². The summed E-state index contributed by atoms with van der Waals surface area (Å²) in [7, 11) is 3.13. The third-order valence-electron chi connectivity index (χ3n) is 1.70. The number of amides is 1. The second-order valence-electron chi connectivity index (χ2n) is 3.10. The van der Waals surface area contributed by atoms with Crippen LogP contribution in [0.5, 0.6) is 0 Å². The molecule has 0 rings (SSSR count). The highest BCUT2D eigenvalue weighted by molar-refractivity contribution is 5.93. The first-order valence-electron chi connectivity index (χ1n) is 3.68. The molecule has 6 heteroatoms. The van der Waals surface area contributed by atoms with E-state index >= 15 is 0 Å². The van der Waals surface area contributed by atoms with Crippen LogP contribution >= 0.6 is 0 Å². The fraction of sp³-hybridized carbons (Fsp3) is 0.714. The summed E-state index contributed by atoms with van der Waals surface area (Å²) in [6, 6.07) is 0. The van der Waals surface area contributed by atoms with Crippen LogP contribution in [0.4, 0.5) is 0 Å². The molecule has 76 valence electrons. The Morgan fingerprint density at radius 2 is 2.15 bits per heavy atom. The Morgan fingerprint density at radius 3 is 2.46 bits per heavy atom. The highest BCUT2D eigenvalue weighted by Gasteiger charge is 2.36. The van der Waals surface area contributed by atoms with Gasteiger partial charge < -0.3 is 15.9 Å². The lowest BCUT2D eigenvalue weighted by Crippen LogP contribution is -2.56. The molecule has 2 atom stereocenters. The summed E-state index contributed by atoms with van der Waals surface area (Å²) < 4.78 is 0. The summed E-state index contributed by atoms with van der Waals surface area (Å²) in [5, 5.41) is 19.1. The topological polar surface area (TPSA) is 99.2 Å². The molecule has 0 spiro atoms. The minimum Gasteiger partial charge on any atom is -0.385 e. The largest absolute Gasteiger partial charge is 0.385 e. The van der Waals surface area contributed by atoms with Crippen LogP contribution in [0.15, 0.2) is 4.99 Å². The molecule has 0 bridgehead atoms. The van der Waals surface area contributed by atoms with Gasteiger partial charge in [-0.15, -0.1) is 0 Å². The molecule has 13 heavy (non-hydrogen) atoms. The molecule has 0 saturated heterocycles. The highest BCUT2D eigenvalue weighted by atomic mass is 16.4. The first-order valence-corrected chi connectivity index (χ1v) is 3.68. The molecular formula is C7H15N3O3. The third kappa shape index (κ3) is 2.76. The number of likely N-dealkylation sites (N-methyl/N-ethyl adjacent to an activating group) is 1. The molecule has 1 amide bonds. The van der Waals surface area contributed by atoms with E-state index in [2.05, 4.69) is 4.99 Å². The Bertz CT molecular complexity index is 213. The van der Waals surface area contributed by atoms with E-state index in [0.29, 0.717) is 0 Å². The van der Waals surface area contributed by atoms with Gasteiger partial charge in [-0.05, 0) is 21.0 Å². The summed E-state index contributed by atoms with van der Waals surface area (Å²) in [6.45, 7) is 1.28. The zero-order valence-corrected chi connectivity index (χ0v) is 7.93. The number of hydrogen-bond acceptors (Lipinski definition) is 4. The van der Waals surface area contributed by atoms with Gasteiger partial charge >= 0.3 is 0 Å². The summed E-state index contributed by atoms with van der Waals surface area (Å²) in [5.41, 5.74) is 3.55. The van der Waals surface area contributed by atoms with Gasteiger partial charge in [-0.3, -0.25) is 9.69 Å². The third-order valence-corrected chi connectivity index (χ3v) is 1.70. The lowest BCUT2D eigenvalue weighted by molar-refractivity contribution is -0.107. The smallest absolute Gasteiger partial charge is 0.234 e. The van der Waals surface area contributed by atoms with Gasteiger partial charge in [0, 0.05) is 0 Å². The standard InChI is InChI=1S/C7H15N3O3/c1-7(13,5(8)9-4-11)6(12)10(2)3/h4,6,12-13H,1-3H3,(H2,8,9,11). The predicted molar refractivity (Wildman–Crippen MR) is 48.0 cm³/mol. The van der Waals surface area contributed by atoms with E-state index in [1.807, 2.05) is 0 Å². The van der Waals surface area contributed by atoms with E-state index in [4.69, 9.17) is 5.73 Å². The lowest BCUT2D eigenvalue weighted by atomic mass is 10.0. The number of nitrogens with zero attached hydrogens (tertiary/aromatic N) is 2. The van der Waals surface area contributed by atoms with E-state index in [0.717, 1.165) is 0 Å². The number of nitrogens with two attached hydrogens (primary N) is 1. The number of carbonyl (C=O) groups is 1. The van der Waals surface area contributed by atoms with Gasteiger partial charge in [-0.1, -0.05) is 0 Å². The Kier molecular flexibility index (Phi) is 3.99. The fourth-order valence-corrected chi connectivity index (χ4v) is 0.823. The SMILES string of the molecule is CN(C)C(O)C(C)(O)C(N)=NC=O. The van der Waals surface area contributed by atoms with Crippen LogP contribution in [0.1, 0.15) is 6.92 Å². The number of aliphatic hydroxyl groups is 2. The van der Waals surface area contributed by atoms with Crippen molar-refractivity contribution in [3.63, 3.8) is 0 Å². The summed E-state index contributed by atoms with van der Waals surface area (Å²) >= 11 is 0. The molecular weight excluding hydrogens is 174 g/mol. The summed E-state index contributed by atoms with van der Waals surface area (Å²) in [4.78, 5) is 14.5. The second kappa shape index (κ2) is 4.31. The van der Waals surface area contributed by atoms with Crippen molar-refractivity contribution >= 4 is 12.2 Å². The maximum Gasteiger partial charge on any atom is 0.234 e. The Morgan fingerprint density at radius 1 is 1.69 bits per heavy atom. The van der Waals surface area contributed by atoms with Gasteiger partial charge in [0.25, 0.3) is 0 Å². The number of aliphatic imine (C=N–C) groups is 1. The monoisotopic (exact) mass is 189 g/mol. The van der Waals surface area contributed by atoms with Crippen LogP contribution in [0.3, 0.4) is 0 Å². The van der Waals surface area contributed by atoms with Crippen LogP contribution in [0.2, 0.25) is 0 Å². The van der Waals surface area contributed by atoms with Crippen molar-refractivity contribution in [2.75, 3.05) is 14.1 Å². The number of aliphatic hydroxyl groups excluding tert-OH is 1. The Labute approximate surface area is 76.7 Å². The van der Waals surface area contributed by atoms with Crippen molar-refractivity contribution in [3.8, 4) is 0 Å². The van der Waals surface area contributed by atoms with Crippen LogP contribution in [0.25, 0.3) is 0 Å². The molecule has 2 unspecified atom stereocenters. The average Bonchev–Trinajstić information content (AvgIpc) is 2.03. The Balaban J connectivity index is 4.73. The van der Waals surface area contributed by atoms with E-state index in [1.54, 1.807) is 14.1 Å². The molecule has 0 heterocycles.